The monoisotopic (exact) mass is 316 g/mol. The summed E-state index contributed by atoms with van der Waals surface area (Å²) in [5.74, 6) is 0. The molecule has 1 fully saturated rings. The van der Waals surface area contributed by atoms with Gasteiger partial charge in [0.2, 0.25) is 0 Å². The average molecular weight is 316 g/mol. The molecule has 0 bridgehead atoms. The smallest absolute Gasteiger partial charge is 0.0757 e. The summed E-state index contributed by atoms with van der Waals surface area (Å²) in [4.78, 5) is 2.63. The second-order valence-corrected chi connectivity index (χ2v) is 7.24. The lowest BCUT2D eigenvalue weighted by Gasteiger charge is -2.28. The SMILES string of the molecule is C1=Cc2c(c3ccc4ccccc4c3n2CN2CCCCC2)CC1. The van der Waals surface area contributed by atoms with Crippen molar-refractivity contribution in [2.75, 3.05) is 13.1 Å². The Labute approximate surface area is 143 Å². The standard InChI is InChI=1S/C22H24N2/c1-6-14-23(15-7-1)16-24-21-11-5-4-10-19(21)20-13-12-17-8-2-3-9-18(17)22(20)24/h2-3,5,8-9,11-13H,1,4,6-7,10,14-16H2. The van der Waals surface area contributed by atoms with Crippen molar-refractivity contribution in [1.82, 2.24) is 9.47 Å². The van der Waals surface area contributed by atoms with E-state index < -0.39 is 0 Å². The molecule has 1 aliphatic heterocycles. The Hall–Kier alpha value is -2.06. The molecule has 0 amide bonds. The quantitative estimate of drug-likeness (QED) is 0.631. The zero-order valence-electron chi connectivity index (χ0n) is 14.2. The van der Waals surface area contributed by atoms with Gasteiger partial charge in [0.25, 0.3) is 0 Å². The lowest BCUT2D eigenvalue weighted by atomic mass is 9.99. The number of likely N-dealkylation sites (tertiary alicyclic amines) is 1. The predicted octanol–water partition coefficient (Wildman–Crippen LogP) is 5.20. The van der Waals surface area contributed by atoms with Crippen LogP contribution in [0.1, 0.15) is 36.9 Å². The molecule has 2 aliphatic rings. The van der Waals surface area contributed by atoms with E-state index >= 15 is 0 Å². The van der Waals surface area contributed by atoms with Crippen LogP contribution in [0.2, 0.25) is 0 Å². The van der Waals surface area contributed by atoms with Crippen molar-refractivity contribution in [1.29, 1.82) is 0 Å². The van der Waals surface area contributed by atoms with Crippen molar-refractivity contribution in [2.45, 2.75) is 38.8 Å². The molecule has 122 valence electrons. The lowest BCUT2D eigenvalue weighted by Crippen LogP contribution is -2.32. The van der Waals surface area contributed by atoms with Gasteiger partial charge in [0, 0.05) is 16.5 Å². The number of piperidine rings is 1. The molecule has 0 spiro atoms. The number of aryl methyl sites for hydroxylation is 1. The third-order valence-electron chi connectivity index (χ3n) is 5.72. The first-order valence-corrected chi connectivity index (χ1v) is 9.33. The van der Waals surface area contributed by atoms with Crippen molar-refractivity contribution in [3.05, 3.63) is 53.7 Å². The highest BCUT2D eigenvalue weighted by Crippen LogP contribution is 2.36. The van der Waals surface area contributed by atoms with E-state index in [1.54, 1.807) is 5.56 Å². The van der Waals surface area contributed by atoms with Crippen LogP contribution in [-0.2, 0) is 13.1 Å². The Morgan fingerprint density at radius 1 is 0.875 bits per heavy atom. The van der Waals surface area contributed by atoms with Crippen LogP contribution in [-0.4, -0.2) is 22.6 Å². The van der Waals surface area contributed by atoms with E-state index in [1.807, 2.05) is 0 Å². The van der Waals surface area contributed by atoms with Gasteiger partial charge in [0.1, 0.15) is 0 Å². The molecule has 3 aromatic rings. The largest absolute Gasteiger partial charge is 0.327 e. The second-order valence-electron chi connectivity index (χ2n) is 7.24. The maximum Gasteiger partial charge on any atom is 0.0757 e. The fraction of sp³-hybridized carbons (Fsp3) is 0.364. The Morgan fingerprint density at radius 2 is 1.75 bits per heavy atom. The van der Waals surface area contributed by atoms with Crippen molar-refractivity contribution >= 4 is 27.8 Å². The van der Waals surface area contributed by atoms with Crippen molar-refractivity contribution in [3.63, 3.8) is 0 Å². The maximum absolute atomic E-state index is 2.63. The molecule has 0 unspecified atom stereocenters. The van der Waals surface area contributed by atoms with Gasteiger partial charge in [0.15, 0.2) is 0 Å². The van der Waals surface area contributed by atoms with E-state index in [2.05, 4.69) is 58.0 Å². The first-order chi connectivity index (χ1) is 11.9. The molecular weight excluding hydrogens is 292 g/mol. The number of fused-ring (bicyclic) bond motifs is 5. The molecule has 2 heterocycles. The molecule has 0 saturated carbocycles. The van der Waals surface area contributed by atoms with Gasteiger partial charge in [-0.3, -0.25) is 4.90 Å². The van der Waals surface area contributed by atoms with E-state index in [1.165, 1.54) is 72.6 Å². The van der Waals surface area contributed by atoms with Crippen LogP contribution in [0.25, 0.3) is 27.8 Å². The Morgan fingerprint density at radius 3 is 2.67 bits per heavy atom. The highest BCUT2D eigenvalue weighted by atomic mass is 15.2. The fourth-order valence-electron chi connectivity index (χ4n) is 4.53. The minimum absolute atomic E-state index is 1.03. The zero-order valence-corrected chi connectivity index (χ0v) is 14.2. The highest BCUT2D eigenvalue weighted by molar-refractivity contribution is 6.08. The van der Waals surface area contributed by atoms with E-state index in [-0.39, 0.29) is 0 Å². The summed E-state index contributed by atoms with van der Waals surface area (Å²) in [7, 11) is 0. The van der Waals surface area contributed by atoms with Crippen molar-refractivity contribution < 1.29 is 0 Å². The van der Waals surface area contributed by atoms with Crippen LogP contribution in [0.4, 0.5) is 0 Å². The third kappa shape index (κ3) is 2.21. The summed E-state index contributed by atoms with van der Waals surface area (Å²) in [5.41, 5.74) is 4.43. The Bertz CT molecular complexity index is 926. The third-order valence-corrected chi connectivity index (χ3v) is 5.72. The molecule has 5 rings (SSSR count). The van der Waals surface area contributed by atoms with Crippen LogP contribution in [0.3, 0.4) is 0 Å². The zero-order chi connectivity index (χ0) is 15.9. The number of allylic oxidation sites excluding steroid dienone is 1. The van der Waals surface area contributed by atoms with E-state index in [0.717, 1.165) is 6.67 Å². The summed E-state index contributed by atoms with van der Waals surface area (Å²) in [6.45, 7) is 3.51. The van der Waals surface area contributed by atoms with Gasteiger partial charge in [-0.1, -0.05) is 48.9 Å². The van der Waals surface area contributed by atoms with Gasteiger partial charge in [0.05, 0.1) is 12.2 Å². The molecule has 2 heteroatoms. The molecular formula is C22H24N2. The molecule has 2 nitrogen and oxygen atoms in total. The highest BCUT2D eigenvalue weighted by Gasteiger charge is 2.21. The molecule has 0 atom stereocenters. The van der Waals surface area contributed by atoms with Gasteiger partial charge < -0.3 is 4.57 Å². The van der Waals surface area contributed by atoms with E-state index in [0.29, 0.717) is 0 Å². The summed E-state index contributed by atoms with van der Waals surface area (Å²) >= 11 is 0. The van der Waals surface area contributed by atoms with Gasteiger partial charge in [-0.05, 0) is 55.8 Å². The minimum atomic E-state index is 1.03. The molecule has 24 heavy (non-hydrogen) atoms. The molecule has 1 aliphatic carbocycles. The molecule has 0 N–H and O–H groups in total. The predicted molar refractivity (Wildman–Crippen MR) is 102 cm³/mol. The van der Waals surface area contributed by atoms with Crippen LogP contribution in [0.15, 0.2) is 42.5 Å². The van der Waals surface area contributed by atoms with Crippen LogP contribution >= 0.6 is 0 Å². The molecule has 1 aromatic heterocycles. The van der Waals surface area contributed by atoms with E-state index in [4.69, 9.17) is 0 Å². The summed E-state index contributed by atoms with van der Waals surface area (Å²) in [5, 5.41) is 4.21. The average Bonchev–Trinajstić information content (AvgIpc) is 2.97. The number of benzene rings is 2. The Balaban J connectivity index is 1.76. The molecule has 0 radical (unpaired) electrons. The van der Waals surface area contributed by atoms with Crippen LogP contribution in [0, 0.1) is 0 Å². The van der Waals surface area contributed by atoms with E-state index in [9.17, 15) is 0 Å². The number of rotatable bonds is 2. The lowest BCUT2D eigenvalue weighted by molar-refractivity contribution is 0.185. The number of hydrogen-bond donors (Lipinski definition) is 0. The number of hydrogen-bond acceptors (Lipinski definition) is 1. The van der Waals surface area contributed by atoms with Gasteiger partial charge in [-0.25, -0.2) is 0 Å². The summed E-state index contributed by atoms with van der Waals surface area (Å²) < 4.78 is 2.59. The summed E-state index contributed by atoms with van der Waals surface area (Å²) in [6.07, 6.45) is 11.1. The minimum Gasteiger partial charge on any atom is -0.327 e. The normalized spacial score (nSPS) is 18.3. The number of aromatic nitrogens is 1. The topological polar surface area (TPSA) is 8.17 Å². The fourth-order valence-corrected chi connectivity index (χ4v) is 4.53. The maximum atomic E-state index is 2.63. The van der Waals surface area contributed by atoms with Gasteiger partial charge in [-0.2, -0.15) is 0 Å². The first kappa shape index (κ1) is 14.3. The van der Waals surface area contributed by atoms with Crippen molar-refractivity contribution in [3.8, 4) is 0 Å². The van der Waals surface area contributed by atoms with Crippen LogP contribution < -0.4 is 0 Å². The molecule has 1 saturated heterocycles. The molecule has 2 aromatic carbocycles. The number of nitrogens with zero attached hydrogens (tertiary/aromatic N) is 2. The second kappa shape index (κ2) is 5.78. The van der Waals surface area contributed by atoms with Gasteiger partial charge in [-0.15, -0.1) is 0 Å². The van der Waals surface area contributed by atoms with Gasteiger partial charge >= 0.3 is 0 Å². The first-order valence-electron chi connectivity index (χ1n) is 9.33. The summed E-state index contributed by atoms with van der Waals surface area (Å²) in [6, 6.07) is 13.5. The van der Waals surface area contributed by atoms with Crippen molar-refractivity contribution in [2.24, 2.45) is 0 Å². The Kier molecular flexibility index (Phi) is 3.45. The van der Waals surface area contributed by atoms with Crippen LogP contribution in [0.5, 0.6) is 0 Å².